The first kappa shape index (κ1) is 11.9. The number of carbonyl (C=O) groups excluding carboxylic acids is 1. The summed E-state index contributed by atoms with van der Waals surface area (Å²) in [6.07, 6.45) is 0. The minimum atomic E-state index is -0.365. The number of hydrogen-bond donors (Lipinski definition) is 0. The van der Waals surface area contributed by atoms with Gasteiger partial charge in [0.2, 0.25) is 0 Å². The fourth-order valence-electron chi connectivity index (χ4n) is 0.977. The molecule has 0 N–H and O–H groups in total. The molecule has 0 spiro atoms. The molecule has 0 radical (unpaired) electrons. The van der Waals surface area contributed by atoms with Crippen molar-refractivity contribution in [3.05, 3.63) is 37.4 Å². The van der Waals surface area contributed by atoms with Crippen LogP contribution in [-0.4, -0.2) is 10.3 Å². The molecule has 2 aromatic rings. The van der Waals surface area contributed by atoms with Gasteiger partial charge in [0.25, 0.3) is 0 Å². The van der Waals surface area contributed by atoms with Gasteiger partial charge in [0.05, 0.1) is 9.90 Å². The van der Waals surface area contributed by atoms with Gasteiger partial charge in [-0.05, 0) is 23.0 Å². The third-order valence-electron chi connectivity index (χ3n) is 1.72. The van der Waals surface area contributed by atoms with Gasteiger partial charge in [-0.2, -0.15) is 4.37 Å². The lowest BCUT2D eigenvalue weighted by Gasteiger charge is -2.00. The van der Waals surface area contributed by atoms with Gasteiger partial charge in [-0.3, -0.25) is 0 Å². The maximum atomic E-state index is 11.5. The minimum Gasteiger partial charge on any atom is -0.456 e. The molecule has 84 valence electrons. The Hall–Kier alpha value is -0.620. The molecule has 0 bridgehead atoms. The average Bonchev–Trinajstić information content (AvgIpc) is 2.89. The van der Waals surface area contributed by atoms with Crippen molar-refractivity contribution < 1.29 is 9.53 Å². The van der Waals surface area contributed by atoms with Crippen molar-refractivity contribution in [2.45, 2.75) is 6.61 Å². The van der Waals surface area contributed by atoms with E-state index in [1.165, 1.54) is 11.3 Å². The van der Waals surface area contributed by atoms with Crippen molar-refractivity contribution in [1.29, 1.82) is 0 Å². The van der Waals surface area contributed by atoms with E-state index in [-0.39, 0.29) is 17.7 Å². The van der Waals surface area contributed by atoms with Crippen molar-refractivity contribution in [2.24, 2.45) is 0 Å². The summed E-state index contributed by atoms with van der Waals surface area (Å²) in [5.74, 6) is -0.365. The molecule has 2 rings (SSSR count). The third-order valence-corrected chi connectivity index (χ3v) is 4.37. The maximum absolute atomic E-state index is 11.5. The zero-order chi connectivity index (χ0) is 11.5. The van der Waals surface area contributed by atoms with Crippen LogP contribution in [0.3, 0.4) is 0 Å². The number of nitrogens with zero attached hydrogens (tertiary/aromatic N) is 1. The number of rotatable bonds is 3. The lowest BCUT2D eigenvalue weighted by molar-refractivity contribution is 0.0483. The Morgan fingerprint density at radius 3 is 2.88 bits per heavy atom. The standard InChI is InChI=1S/C9H5Cl2NO2S2/c10-7-6(16-12-8(7)11)4-14-9(13)5-2-1-3-15-5/h1-3H,4H2. The predicted molar refractivity (Wildman–Crippen MR) is 65.6 cm³/mol. The highest BCUT2D eigenvalue weighted by Crippen LogP contribution is 2.29. The van der Waals surface area contributed by atoms with Crippen LogP contribution in [0.5, 0.6) is 0 Å². The molecule has 0 aromatic carbocycles. The quantitative estimate of drug-likeness (QED) is 0.807. The van der Waals surface area contributed by atoms with Gasteiger partial charge in [0.15, 0.2) is 5.15 Å². The summed E-state index contributed by atoms with van der Waals surface area (Å²) in [5, 5.41) is 2.41. The zero-order valence-electron chi connectivity index (χ0n) is 7.78. The predicted octanol–water partition coefficient (Wildman–Crippen LogP) is 3.87. The molecule has 2 heterocycles. The molecule has 2 aromatic heterocycles. The van der Waals surface area contributed by atoms with Crippen LogP contribution in [0.1, 0.15) is 14.5 Å². The van der Waals surface area contributed by atoms with E-state index < -0.39 is 0 Å². The second kappa shape index (κ2) is 5.14. The van der Waals surface area contributed by atoms with E-state index in [1.807, 2.05) is 5.38 Å². The minimum absolute atomic E-state index is 0.0972. The summed E-state index contributed by atoms with van der Waals surface area (Å²) in [5.41, 5.74) is 0. The van der Waals surface area contributed by atoms with Crippen molar-refractivity contribution in [1.82, 2.24) is 4.37 Å². The first-order valence-corrected chi connectivity index (χ1v) is 6.59. The van der Waals surface area contributed by atoms with Crippen LogP contribution in [0, 0.1) is 0 Å². The molecule has 0 fully saturated rings. The number of carbonyl (C=O) groups is 1. The first-order chi connectivity index (χ1) is 7.68. The van der Waals surface area contributed by atoms with Crippen LogP contribution in [-0.2, 0) is 11.3 Å². The number of ether oxygens (including phenoxy) is 1. The monoisotopic (exact) mass is 293 g/mol. The fourth-order valence-corrected chi connectivity index (χ4v) is 2.69. The Kier molecular flexibility index (Phi) is 3.81. The largest absolute Gasteiger partial charge is 0.456 e. The highest BCUT2D eigenvalue weighted by Gasteiger charge is 2.13. The molecule has 7 heteroatoms. The smallest absolute Gasteiger partial charge is 0.348 e. The van der Waals surface area contributed by atoms with E-state index in [9.17, 15) is 4.79 Å². The molecular formula is C9H5Cl2NO2S2. The van der Waals surface area contributed by atoms with Gasteiger partial charge >= 0.3 is 5.97 Å². The molecule has 0 unspecified atom stereocenters. The lowest BCUT2D eigenvalue weighted by Crippen LogP contribution is -2.02. The number of thiophene rings is 1. The normalized spacial score (nSPS) is 10.4. The van der Waals surface area contributed by atoms with Crippen LogP contribution < -0.4 is 0 Å². The molecule has 0 saturated carbocycles. The Labute approximate surface area is 110 Å². The molecule has 0 aliphatic carbocycles. The van der Waals surface area contributed by atoms with Crippen LogP contribution in [0.15, 0.2) is 17.5 Å². The van der Waals surface area contributed by atoms with Gasteiger partial charge in [-0.1, -0.05) is 29.3 Å². The summed E-state index contributed by atoms with van der Waals surface area (Å²) >= 11 is 14.0. The molecule has 0 saturated heterocycles. The van der Waals surface area contributed by atoms with E-state index in [0.717, 1.165) is 11.5 Å². The van der Waals surface area contributed by atoms with E-state index in [0.29, 0.717) is 14.8 Å². The molecule has 0 atom stereocenters. The van der Waals surface area contributed by atoms with Gasteiger partial charge < -0.3 is 4.74 Å². The number of halogens is 2. The van der Waals surface area contributed by atoms with Crippen molar-refractivity contribution >= 4 is 52.0 Å². The fraction of sp³-hybridized carbons (Fsp3) is 0.111. The lowest BCUT2D eigenvalue weighted by atomic mass is 10.5. The van der Waals surface area contributed by atoms with Crippen molar-refractivity contribution in [3.63, 3.8) is 0 Å². The summed E-state index contributed by atoms with van der Waals surface area (Å²) in [6, 6.07) is 3.49. The summed E-state index contributed by atoms with van der Waals surface area (Å²) in [4.78, 5) is 12.7. The SMILES string of the molecule is O=C(OCc1snc(Cl)c1Cl)c1cccs1. The van der Waals surface area contributed by atoms with E-state index in [4.69, 9.17) is 27.9 Å². The Bertz CT molecular complexity index is 496. The van der Waals surface area contributed by atoms with E-state index in [2.05, 4.69) is 4.37 Å². The number of esters is 1. The molecule has 3 nitrogen and oxygen atoms in total. The highest BCUT2D eigenvalue weighted by atomic mass is 35.5. The highest BCUT2D eigenvalue weighted by molar-refractivity contribution is 7.12. The van der Waals surface area contributed by atoms with E-state index in [1.54, 1.807) is 12.1 Å². The van der Waals surface area contributed by atoms with E-state index >= 15 is 0 Å². The van der Waals surface area contributed by atoms with Gasteiger partial charge in [-0.15, -0.1) is 11.3 Å². The molecule has 0 aliphatic heterocycles. The Balaban J connectivity index is 1.98. The molecule has 16 heavy (non-hydrogen) atoms. The topological polar surface area (TPSA) is 39.2 Å². The summed E-state index contributed by atoms with van der Waals surface area (Å²) in [7, 11) is 0. The second-order valence-corrected chi connectivity index (χ2v) is 5.31. The molecule has 0 aliphatic rings. The Morgan fingerprint density at radius 1 is 1.50 bits per heavy atom. The number of hydrogen-bond acceptors (Lipinski definition) is 5. The van der Waals surface area contributed by atoms with Gasteiger partial charge in [0.1, 0.15) is 11.5 Å². The first-order valence-electron chi connectivity index (χ1n) is 4.18. The van der Waals surface area contributed by atoms with Crippen LogP contribution in [0.4, 0.5) is 0 Å². The van der Waals surface area contributed by atoms with Crippen LogP contribution >= 0.6 is 46.1 Å². The van der Waals surface area contributed by atoms with Gasteiger partial charge in [-0.25, -0.2) is 4.79 Å². The average molecular weight is 294 g/mol. The van der Waals surface area contributed by atoms with Crippen molar-refractivity contribution in [3.8, 4) is 0 Å². The van der Waals surface area contributed by atoms with Crippen LogP contribution in [0.2, 0.25) is 10.2 Å². The third kappa shape index (κ3) is 2.55. The van der Waals surface area contributed by atoms with Crippen molar-refractivity contribution in [2.75, 3.05) is 0 Å². The summed E-state index contributed by atoms with van der Waals surface area (Å²) in [6.45, 7) is 0.0972. The Morgan fingerprint density at radius 2 is 2.31 bits per heavy atom. The van der Waals surface area contributed by atoms with Gasteiger partial charge in [0, 0.05) is 0 Å². The summed E-state index contributed by atoms with van der Waals surface area (Å²) < 4.78 is 8.91. The molecular weight excluding hydrogens is 289 g/mol. The van der Waals surface area contributed by atoms with Crippen LogP contribution in [0.25, 0.3) is 0 Å². The zero-order valence-corrected chi connectivity index (χ0v) is 10.9. The second-order valence-electron chi connectivity index (χ2n) is 2.76. The number of aromatic nitrogens is 1. The maximum Gasteiger partial charge on any atom is 0.348 e. The molecule has 0 amide bonds.